The van der Waals surface area contributed by atoms with Gasteiger partial charge in [0.2, 0.25) is 0 Å². The lowest BCUT2D eigenvalue weighted by Gasteiger charge is -2.05. The highest BCUT2D eigenvalue weighted by atomic mass is 35.5. The molecule has 2 aromatic rings. The highest BCUT2D eigenvalue weighted by Gasteiger charge is 2.04. The molecule has 0 aliphatic carbocycles. The first kappa shape index (κ1) is 11.6. The summed E-state index contributed by atoms with van der Waals surface area (Å²) in [5.74, 6) is -0.588. The maximum absolute atomic E-state index is 13.3. The molecule has 0 spiro atoms. The number of rotatable bonds is 3. The molecule has 0 fully saturated rings. The molecule has 0 aliphatic heterocycles. The number of hydrogen-bond acceptors (Lipinski definition) is 2. The molecule has 1 heterocycles. The van der Waals surface area contributed by atoms with Crippen LogP contribution in [0.5, 0.6) is 0 Å². The van der Waals surface area contributed by atoms with E-state index in [1.165, 1.54) is 18.3 Å². The van der Waals surface area contributed by atoms with Crippen LogP contribution in [-0.2, 0) is 6.54 Å². The maximum Gasteiger partial charge on any atom is 0.124 e. The van der Waals surface area contributed by atoms with Gasteiger partial charge in [0, 0.05) is 11.8 Å². The van der Waals surface area contributed by atoms with Crippen molar-refractivity contribution in [3.05, 3.63) is 52.6 Å². The maximum atomic E-state index is 13.3. The summed E-state index contributed by atoms with van der Waals surface area (Å²) < 4.78 is 14.9. The van der Waals surface area contributed by atoms with E-state index >= 15 is 0 Å². The van der Waals surface area contributed by atoms with Gasteiger partial charge in [0.1, 0.15) is 11.7 Å². The molecule has 6 heteroatoms. The van der Waals surface area contributed by atoms with Crippen molar-refractivity contribution in [2.45, 2.75) is 6.54 Å². The van der Waals surface area contributed by atoms with Gasteiger partial charge in [-0.1, -0.05) is 11.6 Å². The summed E-state index contributed by atoms with van der Waals surface area (Å²) in [5.41, 5.74) is 6.36. The van der Waals surface area contributed by atoms with Gasteiger partial charge in [0.15, 0.2) is 0 Å². The summed E-state index contributed by atoms with van der Waals surface area (Å²) in [4.78, 5) is 0. The number of nitrogen functional groups attached to an aromatic ring is 1. The van der Waals surface area contributed by atoms with E-state index in [1.54, 1.807) is 16.9 Å². The van der Waals surface area contributed by atoms with Crippen molar-refractivity contribution in [2.75, 3.05) is 0 Å². The van der Waals surface area contributed by atoms with E-state index in [0.29, 0.717) is 22.7 Å². The van der Waals surface area contributed by atoms with Crippen molar-refractivity contribution in [1.29, 1.82) is 5.41 Å². The van der Waals surface area contributed by atoms with Gasteiger partial charge in [-0.25, -0.2) is 4.39 Å². The minimum absolute atomic E-state index is 0.163. The van der Waals surface area contributed by atoms with Gasteiger partial charge < -0.3 is 5.73 Å². The fourth-order valence-electron chi connectivity index (χ4n) is 1.51. The number of halogens is 2. The fourth-order valence-corrected chi connectivity index (χ4v) is 1.67. The predicted molar refractivity (Wildman–Crippen MR) is 63.8 cm³/mol. The highest BCUT2D eigenvalue weighted by Crippen LogP contribution is 2.12. The van der Waals surface area contributed by atoms with Crippen molar-refractivity contribution >= 4 is 17.4 Å². The molecule has 0 unspecified atom stereocenters. The Morgan fingerprint density at radius 2 is 2.24 bits per heavy atom. The van der Waals surface area contributed by atoms with Crippen LogP contribution in [0.3, 0.4) is 0 Å². The molecule has 3 N–H and O–H groups in total. The zero-order chi connectivity index (χ0) is 12.4. The Morgan fingerprint density at radius 3 is 2.82 bits per heavy atom. The number of nitrogens with two attached hydrogens (primary N) is 1. The molecule has 0 amide bonds. The first-order valence-electron chi connectivity index (χ1n) is 4.86. The lowest BCUT2D eigenvalue weighted by Crippen LogP contribution is -2.12. The number of nitrogens with one attached hydrogen (secondary N) is 1. The molecule has 0 saturated heterocycles. The van der Waals surface area contributed by atoms with Crippen LogP contribution in [0.25, 0.3) is 0 Å². The lowest BCUT2D eigenvalue weighted by molar-refractivity contribution is 0.619. The zero-order valence-electron chi connectivity index (χ0n) is 8.82. The van der Waals surface area contributed by atoms with E-state index in [4.69, 9.17) is 22.7 Å². The lowest BCUT2D eigenvalue weighted by atomic mass is 10.1. The van der Waals surface area contributed by atoms with Crippen LogP contribution < -0.4 is 5.73 Å². The molecule has 0 radical (unpaired) electrons. The normalized spacial score (nSPS) is 10.5. The number of benzene rings is 1. The fraction of sp³-hybridized carbons (Fsp3) is 0.0909. The van der Waals surface area contributed by atoms with Gasteiger partial charge in [-0.2, -0.15) is 5.10 Å². The third-order valence-corrected chi connectivity index (χ3v) is 2.41. The molecular weight excluding hydrogens is 243 g/mol. The number of nitrogens with zero attached hydrogens (tertiary/aromatic N) is 2. The van der Waals surface area contributed by atoms with Crippen LogP contribution >= 0.6 is 11.6 Å². The first-order valence-corrected chi connectivity index (χ1v) is 5.24. The summed E-state index contributed by atoms with van der Waals surface area (Å²) in [6.07, 6.45) is 3.15. The minimum Gasteiger partial charge on any atom is -0.384 e. The highest BCUT2D eigenvalue weighted by molar-refractivity contribution is 6.30. The van der Waals surface area contributed by atoms with Gasteiger partial charge in [0.05, 0.1) is 17.8 Å². The van der Waals surface area contributed by atoms with Gasteiger partial charge in [-0.3, -0.25) is 10.1 Å². The molecule has 88 valence electrons. The molecule has 0 saturated carbocycles. The molecule has 0 atom stereocenters. The SMILES string of the molecule is N=C(N)c1cc(F)cc(Cn2cc(Cl)cn2)c1. The summed E-state index contributed by atoms with van der Waals surface area (Å²) in [6, 6.07) is 4.25. The quantitative estimate of drug-likeness (QED) is 0.648. The standard InChI is InChI=1S/C11H10ClFN4/c12-9-4-16-17(6-9)5-7-1-8(11(14)15)3-10(13)2-7/h1-4,6H,5H2,(H3,14,15). The Balaban J connectivity index is 2.29. The van der Waals surface area contributed by atoms with E-state index < -0.39 is 5.82 Å². The average molecular weight is 253 g/mol. The molecule has 0 bridgehead atoms. The molecule has 1 aromatic carbocycles. The van der Waals surface area contributed by atoms with E-state index in [1.807, 2.05) is 0 Å². The Bertz CT molecular complexity index is 564. The van der Waals surface area contributed by atoms with Crippen LogP contribution in [0.2, 0.25) is 5.02 Å². The summed E-state index contributed by atoms with van der Waals surface area (Å²) in [6.45, 7) is 0.380. The van der Waals surface area contributed by atoms with Gasteiger partial charge in [-0.05, 0) is 23.8 Å². The third kappa shape index (κ3) is 2.82. The number of hydrogen-bond donors (Lipinski definition) is 2. The van der Waals surface area contributed by atoms with E-state index in [0.717, 1.165) is 0 Å². The van der Waals surface area contributed by atoms with E-state index in [9.17, 15) is 4.39 Å². The predicted octanol–water partition coefficient (Wildman–Crippen LogP) is 2.01. The molecule has 4 nitrogen and oxygen atoms in total. The zero-order valence-corrected chi connectivity index (χ0v) is 9.58. The Labute approximate surface area is 102 Å². The molecule has 0 aliphatic rings. The first-order chi connectivity index (χ1) is 8.04. The van der Waals surface area contributed by atoms with Crippen molar-refractivity contribution < 1.29 is 4.39 Å². The Hall–Kier alpha value is -1.88. The van der Waals surface area contributed by atoms with Crippen LogP contribution in [0.15, 0.2) is 30.6 Å². The topological polar surface area (TPSA) is 67.7 Å². The second-order valence-corrected chi connectivity index (χ2v) is 4.05. The van der Waals surface area contributed by atoms with Gasteiger partial charge >= 0.3 is 0 Å². The second-order valence-electron chi connectivity index (χ2n) is 3.62. The van der Waals surface area contributed by atoms with Crippen molar-refractivity contribution in [3.8, 4) is 0 Å². The van der Waals surface area contributed by atoms with Crippen LogP contribution in [0, 0.1) is 11.2 Å². The average Bonchev–Trinajstić information content (AvgIpc) is 2.63. The molecular formula is C11H10ClFN4. The summed E-state index contributed by atoms with van der Waals surface area (Å²) >= 11 is 5.73. The third-order valence-electron chi connectivity index (χ3n) is 2.21. The monoisotopic (exact) mass is 252 g/mol. The van der Waals surface area contributed by atoms with E-state index in [-0.39, 0.29) is 5.84 Å². The Kier molecular flexibility index (Phi) is 3.10. The largest absolute Gasteiger partial charge is 0.384 e. The van der Waals surface area contributed by atoms with Gasteiger partial charge in [-0.15, -0.1) is 0 Å². The molecule has 1 aromatic heterocycles. The van der Waals surface area contributed by atoms with Crippen molar-refractivity contribution in [3.63, 3.8) is 0 Å². The summed E-state index contributed by atoms with van der Waals surface area (Å²) in [5, 5.41) is 11.8. The second kappa shape index (κ2) is 4.55. The van der Waals surface area contributed by atoms with Crippen LogP contribution in [0.4, 0.5) is 4.39 Å². The van der Waals surface area contributed by atoms with E-state index in [2.05, 4.69) is 5.10 Å². The van der Waals surface area contributed by atoms with Gasteiger partial charge in [0.25, 0.3) is 0 Å². The number of aromatic nitrogens is 2. The molecule has 17 heavy (non-hydrogen) atoms. The summed E-state index contributed by atoms with van der Waals surface area (Å²) in [7, 11) is 0. The van der Waals surface area contributed by atoms with Crippen molar-refractivity contribution in [2.24, 2.45) is 5.73 Å². The smallest absolute Gasteiger partial charge is 0.124 e. The Morgan fingerprint density at radius 1 is 1.47 bits per heavy atom. The number of amidine groups is 1. The van der Waals surface area contributed by atoms with Crippen LogP contribution in [0.1, 0.15) is 11.1 Å². The van der Waals surface area contributed by atoms with Crippen molar-refractivity contribution in [1.82, 2.24) is 9.78 Å². The van der Waals surface area contributed by atoms with Crippen LogP contribution in [-0.4, -0.2) is 15.6 Å². The molecule has 2 rings (SSSR count). The minimum atomic E-state index is -0.425.